The molecule has 0 atom stereocenters. The van der Waals surface area contributed by atoms with Gasteiger partial charge < -0.3 is 16.4 Å². The van der Waals surface area contributed by atoms with Crippen LogP contribution >= 0.6 is 0 Å². The molecule has 1 heterocycles. The van der Waals surface area contributed by atoms with Crippen molar-refractivity contribution in [3.05, 3.63) is 89.8 Å². The van der Waals surface area contributed by atoms with E-state index in [0.717, 1.165) is 24.1 Å². The number of hydrogen-bond acceptors (Lipinski definition) is 5. The number of anilines is 3. The van der Waals surface area contributed by atoms with Crippen molar-refractivity contribution in [2.75, 3.05) is 22.9 Å². The summed E-state index contributed by atoms with van der Waals surface area (Å²) in [7, 11) is 0. The Morgan fingerprint density at radius 2 is 1.53 bits per heavy atom. The number of allylic oxidation sites excluding steroid dienone is 1. The van der Waals surface area contributed by atoms with E-state index in [1.54, 1.807) is 6.33 Å². The van der Waals surface area contributed by atoms with Crippen LogP contribution in [0, 0.1) is 0 Å². The fourth-order valence-corrected chi connectivity index (χ4v) is 3.91. The van der Waals surface area contributed by atoms with E-state index in [1.807, 2.05) is 36.4 Å². The molecule has 0 unspecified atom stereocenters. The van der Waals surface area contributed by atoms with Crippen LogP contribution < -0.4 is 16.4 Å². The molecule has 0 radical (unpaired) electrons. The molecule has 1 aliphatic carbocycles. The predicted octanol–water partition coefficient (Wildman–Crippen LogP) is 5.56. The average molecular weight is 400 g/mol. The zero-order valence-corrected chi connectivity index (χ0v) is 17.2. The summed E-state index contributed by atoms with van der Waals surface area (Å²) < 4.78 is 0. The molecule has 0 saturated heterocycles. The Bertz CT molecular complexity index is 930. The summed E-state index contributed by atoms with van der Waals surface area (Å²) in [5, 5.41) is 6.93. The number of benzene rings is 2. The maximum Gasteiger partial charge on any atom is 0.155 e. The third kappa shape index (κ3) is 4.98. The molecule has 0 fully saturated rings. The van der Waals surface area contributed by atoms with Crippen LogP contribution in [0.5, 0.6) is 0 Å². The van der Waals surface area contributed by atoms with E-state index < -0.39 is 0 Å². The molecule has 1 aliphatic rings. The highest BCUT2D eigenvalue weighted by Crippen LogP contribution is 2.30. The smallest absolute Gasteiger partial charge is 0.155 e. The van der Waals surface area contributed by atoms with Crippen LogP contribution in [0.1, 0.15) is 49.3 Å². The van der Waals surface area contributed by atoms with Crippen molar-refractivity contribution >= 4 is 17.3 Å². The number of nitrogen functional groups attached to an aromatic ring is 1. The Balaban J connectivity index is 1.51. The van der Waals surface area contributed by atoms with Crippen molar-refractivity contribution in [3.8, 4) is 0 Å². The molecule has 4 rings (SSSR count). The Kier molecular flexibility index (Phi) is 6.60. The van der Waals surface area contributed by atoms with E-state index in [0.29, 0.717) is 17.3 Å². The Morgan fingerprint density at radius 3 is 2.17 bits per heavy atom. The highest BCUT2D eigenvalue weighted by Gasteiger charge is 2.17. The van der Waals surface area contributed by atoms with Crippen LogP contribution in [0.15, 0.2) is 78.6 Å². The summed E-state index contributed by atoms with van der Waals surface area (Å²) in [5.41, 5.74) is 10.8. The third-order valence-electron chi connectivity index (χ3n) is 5.55. The lowest BCUT2D eigenvalue weighted by atomic mass is 9.97. The first-order chi connectivity index (χ1) is 14.8. The second kappa shape index (κ2) is 9.92. The Hall–Kier alpha value is -3.34. The van der Waals surface area contributed by atoms with Crippen LogP contribution in [0.25, 0.3) is 0 Å². The largest absolute Gasteiger partial charge is 0.393 e. The van der Waals surface area contributed by atoms with Gasteiger partial charge >= 0.3 is 0 Å². The summed E-state index contributed by atoms with van der Waals surface area (Å²) in [6.07, 6.45) is 10.0. The second-order valence-corrected chi connectivity index (χ2v) is 7.67. The van der Waals surface area contributed by atoms with Gasteiger partial charge in [0.25, 0.3) is 0 Å². The minimum Gasteiger partial charge on any atom is -0.393 e. The van der Waals surface area contributed by atoms with Gasteiger partial charge in [-0.15, -0.1) is 0 Å². The molecule has 0 bridgehead atoms. The summed E-state index contributed by atoms with van der Waals surface area (Å²) in [6.45, 7) is 0.827. The molecule has 1 aromatic heterocycles. The van der Waals surface area contributed by atoms with Crippen LogP contribution in [0.3, 0.4) is 0 Å². The standard InChI is InChI=1S/C25H29N5/c26-22-24(27-17-16-19-10-4-1-5-11-19)28-18-29-25(22)30-23(20-12-6-2-7-13-20)21-14-8-3-9-15-21/h2-3,6-10,12-15,18,23H,1,4-5,11,16-17,26H2,(H2,27,28,29,30). The first kappa shape index (κ1) is 20.0. The lowest BCUT2D eigenvalue weighted by Crippen LogP contribution is -2.16. The predicted molar refractivity (Wildman–Crippen MR) is 124 cm³/mol. The SMILES string of the molecule is Nc1c(NCCC2=CCCCC2)ncnc1NC(c1ccccc1)c1ccccc1. The number of rotatable bonds is 8. The number of hydrogen-bond donors (Lipinski definition) is 3. The van der Waals surface area contributed by atoms with Crippen LogP contribution in [-0.4, -0.2) is 16.5 Å². The van der Waals surface area contributed by atoms with Crippen LogP contribution in [0.2, 0.25) is 0 Å². The van der Waals surface area contributed by atoms with Gasteiger partial charge in [-0.25, -0.2) is 9.97 Å². The zero-order valence-electron chi connectivity index (χ0n) is 17.2. The fraction of sp³-hybridized carbons (Fsp3) is 0.280. The van der Waals surface area contributed by atoms with Crippen molar-refractivity contribution in [3.63, 3.8) is 0 Å². The Labute approximate surface area is 178 Å². The van der Waals surface area contributed by atoms with Crippen molar-refractivity contribution in [2.45, 2.75) is 38.1 Å². The lowest BCUT2D eigenvalue weighted by Gasteiger charge is -2.22. The first-order valence-electron chi connectivity index (χ1n) is 10.7. The van der Waals surface area contributed by atoms with Crippen molar-refractivity contribution in [1.29, 1.82) is 0 Å². The average Bonchev–Trinajstić information content (AvgIpc) is 2.81. The number of nitrogens with one attached hydrogen (secondary N) is 2. The molecular formula is C25H29N5. The summed E-state index contributed by atoms with van der Waals surface area (Å²) in [6, 6.07) is 20.6. The van der Waals surface area contributed by atoms with E-state index in [1.165, 1.54) is 31.3 Å². The minimum atomic E-state index is -0.0511. The Morgan fingerprint density at radius 1 is 0.867 bits per heavy atom. The van der Waals surface area contributed by atoms with Gasteiger partial charge in [0.1, 0.15) is 12.0 Å². The highest BCUT2D eigenvalue weighted by molar-refractivity contribution is 5.74. The van der Waals surface area contributed by atoms with E-state index >= 15 is 0 Å². The van der Waals surface area contributed by atoms with Gasteiger partial charge in [0.15, 0.2) is 11.6 Å². The maximum absolute atomic E-state index is 6.44. The monoisotopic (exact) mass is 399 g/mol. The summed E-state index contributed by atoms with van der Waals surface area (Å²) in [5.74, 6) is 1.32. The van der Waals surface area contributed by atoms with Gasteiger partial charge in [-0.2, -0.15) is 0 Å². The molecule has 2 aromatic carbocycles. The van der Waals surface area contributed by atoms with Crippen LogP contribution in [-0.2, 0) is 0 Å². The summed E-state index contributed by atoms with van der Waals surface area (Å²) in [4.78, 5) is 8.80. The third-order valence-corrected chi connectivity index (χ3v) is 5.55. The molecule has 3 aromatic rings. The van der Waals surface area contributed by atoms with Gasteiger partial charge in [-0.1, -0.05) is 72.3 Å². The quantitative estimate of drug-likeness (QED) is 0.432. The molecule has 154 valence electrons. The molecule has 0 aliphatic heterocycles. The van der Waals surface area contributed by atoms with E-state index in [4.69, 9.17) is 5.73 Å². The molecule has 0 saturated carbocycles. The fourth-order valence-electron chi connectivity index (χ4n) is 3.91. The number of nitrogens with zero attached hydrogens (tertiary/aromatic N) is 2. The molecule has 4 N–H and O–H groups in total. The lowest BCUT2D eigenvalue weighted by molar-refractivity contribution is 0.679. The molecule has 5 nitrogen and oxygen atoms in total. The van der Waals surface area contributed by atoms with Crippen molar-refractivity contribution < 1.29 is 0 Å². The van der Waals surface area contributed by atoms with Crippen molar-refractivity contribution in [2.24, 2.45) is 0 Å². The molecular weight excluding hydrogens is 370 g/mol. The number of aromatic nitrogens is 2. The first-order valence-corrected chi connectivity index (χ1v) is 10.7. The molecule has 0 amide bonds. The molecule has 0 spiro atoms. The van der Waals surface area contributed by atoms with Crippen molar-refractivity contribution in [1.82, 2.24) is 9.97 Å². The van der Waals surface area contributed by atoms with Gasteiger partial charge in [-0.05, 0) is 43.2 Å². The molecule has 30 heavy (non-hydrogen) atoms. The van der Waals surface area contributed by atoms with Gasteiger partial charge in [-0.3, -0.25) is 0 Å². The normalized spacial score (nSPS) is 13.7. The topological polar surface area (TPSA) is 75.9 Å². The second-order valence-electron chi connectivity index (χ2n) is 7.67. The number of nitrogens with two attached hydrogens (primary N) is 1. The van der Waals surface area contributed by atoms with Gasteiger partial charge in [0.05, 0.1) is 6.04 Å². The van der Waals surface area contributed by atoms with Gasteiger partial charge in [0, 0.05) is 6.54 Å². The maximum atomic E-state index is 6.44. The summed E-state index contributed by atoms with van der Waals surface area (Å²) >= 11 is 0. The molecule has 5 heteroatoms. The van der Waals surface area contributed by atoms with E-state index in [-0.39, 0.29) is 6.04 Å². The van der Waals surface area contributed by atoms with Gasteiger partial charge in [0.2, 0.25) is 0 Å². The minimum absolute atomic E-state index is 0.0511. The highest BCUT2D eigenvalue weighted by atomic mass is 15.1. The van der Waals surface area contributed by atoms with Crippen LogP contribution in [0.4, 0.5) is 17.3 Å². The zero-order chi connectivity index (χ0) is 20.6. The van der Waals surface area contributed by atoms with E-state index in [9.17, 15) is 0 Å². The van der Waals surface area contributed by atoms with E-state index in [2.05, 4.69) is 50.9 Å².